The zero-order valence-corrected chi connectivity index (χ0v) is 12.4. The third-order valence-corrected chi connectivity index (χ3v) is 2.83. The zero-order valence-electron chi connectivity index (χ0n) is 12.4. The van der Waals surface area contributed by atoms with Crippen LogP contribution in [0.15, 0.2) is 18.5 Å². The summed E-state index contributed by atoms with van der Waals surface area (Å²) in [6.45, 7) is 9.28. The number of hydrogen-bond acceptors (Lipinski definition) is 3. The normalized spacial score (nSPS) is 12.3. The van der Waals surface area contributed by atoms with Crippen molar-refractivity contribution < 1.29 is 4.79 Å². The molecule has 0 fully saturated rings. The Kier molecular flexibility index (Phi) is 6.33. The minimum Gasteiger partial charge on any atom is -0.383 e. The summed E-state index contributed by atoms with van der Waals surface area (Å²) in [5.41, 5.74) is 1.47. The average Bonchev–Trinajstić information content (AvgIpc) is 2.35. The van der Waals surface area contributed by atoms with Crippen LogP contribution in [0.3, 0.4) is 0 Å². The topological polar surface area (TPSA) is 54.0 Å². The second kappa shape index (κ2) is 7.77. The Morgan fingerprint density at radius 2 is 2.11 bits per heavy atom. The number of rotatable bonds is 7. The molecule has 0 spiro atoms. The van der Waals surface area contributed by atoms with Gasteiger partial charge in [0.2, 0.25) is 0 Å². The highest BCUT2D eigenvalue weighted by Gasteiger charge is 2.14. The predicted molar refractivity (Wildman–Crippen MR) is 79.4 cm³/mol. The molecule has 4 nitrogen and oxygen atoms in total. The molecule has 0 saturated carbocycles. The molecule has 106 valence electrons. The van der Waals surface area contributed by atoms with E-state index in [2.05, 4.69) is 36.4 Å². The zero-order chi connectivity index (χ0) is 14.3. The van der Waals surface area contributed by atoms with Crippen LogP contribution in [0, 0.1) is 5.92 Å². The van der Waals surface area contributed by atoms with Gasteiger partial charge in [-0.2, -0.15) is 0 Å². The van der Waals surface area contributed by atoms with Gasteiger partial charge in [-0.25, -0.2) is 0 Å². The summed E-state index contributed by atoms with van der Waals surface area (Å²) >= 11 is 0. The molecule has 1 rings (SSSR count). The smallest absolute Gasteiger partial charge is 0.253 e. The van der Waals surface area contributed by atoms with Crippen molar-refractivity contribution in [3.8, 4) is 0 Å². The minimum atomic E-state index is -0.0332. The van der Waals surface area contributed by atoms with Crippen molar-refractivity contribution in [2.75, 3.05) is 11.9 Å². The van der Waals surface area contributed by atoms with E-state index in [4.69, 9.17) is 0 Å². The van der Waals surface area contributed by atoms with Gasteiger partial charge in [-0.05, 0) is 31.7 Å². The Hall–Kier alpha value is -1.58. The van der Waals surface area contributed by atoms with Crippen LogP contribution in [-0.2, 0) is 0 Å². The van der Waals surface area contributed by atoms with Gasteiger partial charge in [0.1, 0.15) is 0 Å². The van der Waals surface area contributed by atoms with Gasteiger partial charge in [0.15, 0.2) is 0 Å². The van der Waals surface area contributed by atoms with Gasteiger partial charge in [0.05, 0.1) is 17.4 Å². The lowest BCUT2D eigenvalue weighted by Gasteiger charge is -2.17. The monoisotopic (exact) mass is 263 g/mol. The van der Waals surface area contributed by atoms with Gasteiger partial charge < -0.3 is 10.6 Å². The van der Waals surface area contributed by atoms with Gasteiger partial charge in [-0.1, -0.05) is 20.8 Å². The third-order valence-electron chi connectivity index (χ3n) is 2.83. The first kappa shape index (κ1) is 15.5. The van der Waals surface area contributed by atoms with Gasteiger partial charge in [0, 0.05) is 18.8 Å². The number of nitrogens with zero attached hydrogens (tertiary/aromatic N) is 1. The summed E-state index contributed by atoms with van der Waals surface area (Å²) in [5.74, 6) is 0.541. The van der Waals surface area contributed by atoms with E-state index in [1.807, 2.05) is 6.92 Å². The molecule has 2 N–H and O–H groups in total. The van der Waals surface area contributed by atoms with Crippen molar-refractivity contribution in [1.29, 1.82) is 0 Å². The van der Waals surface area contributed by atoms with E-state index in [0.717, 1.165) is 25.1 Å². The van der Waals surface area contributed by atoms with E-state index in [0.29, 0.717) is 11.5 Å². The predicted octanol–water partition coefficient (Wildman–Crippen LogP) is 3.07. The first-order valence-electron chi connectivity index (χ1n) is 7.03. The number of hydrogen-bond donors (Lipinski definition) is 2. The molecule has 1 aromatic heterocycles. The van der Waals surface area contributed by atoms with Crippen LogP contribution in [0.25, 0.3) is 0 Å². The van der Waals surface area contributed by atoms with E-state index >= 15 is 0 Å². The third kappa shape index (κ3) is 5.28. The van der Waals surface area contributed by atoms with E-state index in [1.165, 1.54) is 0 Å². The fourth-order valence-corrected chi connectivity index (χ4v) is 2.06. The Morgan fingerprint density at radius 3 is 2.74 bits per heavy atom. The van der Waals surface area contributed by atoms with Crippen molar-refractivity contribution in [1.82, 2.24) is 10.3 Å². The first-order chi connectivity index (χ1) is 9.04. The van der Waals surface area contributed by atoms with Crippen molar-refractivity contribution in [3.05, 3.63) is 24.0 Å². The van der Waals surface area contributed by atoms with E-state index in [1.54, 1.807) is 18.5 Å². The molecule has 19 heavy (non-hydrogen) atoms. The lowest BCUT2D eigenvalue weighted by atomic mass is 10.0. The number of carbonyl (C=O) groups is 1. The lowest BCUT2D eigenvalue weighted by Crippen LogP contribution is -2.34. The molecular formula is C15H25N3O. The molecule has 1 atom stereocenters. The maximum absolute atomic E-state index is 12.2. The molecule has 0 saturated heterocycles. The highest BCUT2D eigenvalue weighted by Crippen LogP contribution is 2.14. The Balaban J connectivity index is 2.70. The van der Waals surface area contributed by atoms with Crippen LogP contribution < -0.4 is 10.6 Å². The summed E-state index contributed by atoms with van der Waals surface area (Å²) in [7, 11) is 0. The summed E-state index contributed by atoms with van der Waals surface area (Å²) in [6, 6.07) is 1.94. The number of nitrogens with one attached hydrogen (secondary N) is 2. The Bertz CT molecular complexity index is 404. The second-order valence-corrected chi connectivity index (χ2v) is 5.35. The summed E-state index contributed by atoms with van der Waals surface area (Å²) < 4.78 is 0. The SMILES string of the molecule is CCCNc1cnccc1C(=O)NC(C)CC(C)C. The van der Waals surface area contributed by atoms with Crippen LogP contribution in [0.1, 0.15) is 50.9 Å². The molecule has 0 aliphatic heterocycles. The van der Waals surface area contributed by atoms with Crippen LogP contribution in [-0.4, -0.2) is 23.5 Å². The molecule has 0 bridgehead atoms. The van der Waals surface area contributed by atoms with Crippen LogP contribution in [0.2, 0.25) is 0 Å². The second-order valence-electron chi connectivity index (χ2n) is 5.35. The number of carbonyl (C=O) groups excluding carboxylic acids is 1. The highest BCUT2D eigenvalue weighted by molar-refractivity contribution is 5.99. The number of aromatic nitrogens is 1. The standard InChI is InChI=1S/C15H25N3O/c1-5-7-17-14-10-16-8-6-13(14)15(19)18-12(4)9-11(2)3/h6,8,10-12,17H,5,7,9H2,1-4H3,(H,18,19). The van der Waals surface area contributed by atoms with Crippen molar-refractivity contribution >= 4 is 11.6 Å². The molecule has 0 radical (unpaired) electrons. The largest absolute Gasteiger partial charge is 0.383 e. The van der Waals surface area contributed by atoms with E-state index < -0.39 is 0 Å². The average molecular weight is 263 g/mol. The fourth-order valence-electron chi connectivity index (χ4n) is 2.06. The van der Waals surface area contributed by atoms with Crippen LogP contribution >= 0.6 is 0 Å². The molecule has 1 amide bonds. The van der Waals surface area contributed by atoms with E-state index in [9.17, 15) is 4.79 Å². The summed E-state index contributed by atoms with van der Waals surface area (Å²) in [6.07, 6.45) is 5.35. The molecule has 0 aliphatic rings. The van der Waals surface area contributed by atoms with Gasteiger partial charge in [-0.15, -0.1) is 0 Å². The van der Waals surface area contributed by atoms with Crippen LogP contribution in [0.4, 0.5) is 5.69 Å². The lowest BCUT2D eigenvalue weighted by molar-refractivity contribution is 0.0937. The number of amides is 1. The van der Waals surface area contributed by atoms with Crippen molar-refractivity contribution in [3.63, 3.8) is 0 Å². The Morgan fingerprint density at radius 1 is 1.37 bits per heavy atom. The van der Waals surface area contributed by atoms with Gasteiger partial charge in [-0.3, -0.25) is 9.78 Å². The Labute approximate surface area is 116 Å². The molecular weight excluding hydrogens is 238 g/mol. The van der Waals surface area contributed by atoms with Crippen molar-refractivity contribution in [2.24, 2.45) is 5.92 Å². The molecule has 0 aliphatic carbocycles. The first-order valence-corrected chi connectivity index (χ1v) is 7.03. The van der Waals surface area contributed by atoms with Crippen molar-refractivity contribution in [2.45, 2.75) is 46.6 Å². The summed E-state index contributed by atoms with van der Waals surface area (Å²) in [5, 5.41) is 6.27. The minimum absolute atomic E-state index is 0.0332. The van der Waals surface area contributed by atoms with Crippen LogP contribution in [0.5, 0.6) is 0 Å². The molecule has 1 aromatic rings. The van der Waals surface area contributed by atoms with Gasteiger partial charge >= 0.3 is 0 Å². The number of pyridine rings is 1. The van der Waals surface area contributed by atoms with Gasteiger partial charge in [0.25, 0.3) is 5.91 Å². The van der Waals surface area contributed by atoms with E-state index in [-0.39, 0.29) is 11.9 Å². The highest BCUT2D eigenvalue weighted by atomic mass is 16.1. The number of anilines is 1. The fraction of sp³-hybridized carbons (Fsp3) is 0.600. The summed E-state index contributed by atoms with van der Waals surface area (Å²) in [4.78, 5) is 16.3. The maximum Gasteiger partial charge on any atom is 0.253 e. The molecule has 1 unspecified atom stereocenters. The molecule has 1 heterocycles. The quantitative estimate of drug-likeness (QED) is 0.795. The maximum atomic E-state index is 12.2. The molecule has 4 heteroatoms. The molecule has 0 aromatic carbocycles.